The van der Waals surface area contributed by atoms with Crippen molar-refractivity contribution in [3.05, 3.63) is 59.1 Å². The topological polar surface area (TPSA) is 207 Å². The Kier molecular flexibility index (Phi) is 9.14. The maximum absolute atomic E-state index is 12.8. The fourth-order valence-electron chi connectivity index (χ4n) is 5.32. The van der Waals surface area contributed by atoms with E-state index in [0.717, 1.165) is 12.8 Å². The lowest BCUT2D eigenvalue weighted by Crippen LogP contribution is -2.53. The van der Waals surface area contributed by atoms with E-state index in [1.54, 1.807) is 48.5 Å². The highest BCUT2D eigenvalue weighted by Gasteiger charge is 2.33. The Morgan fingerprint density at radius 3 is 2.24 bits per heavy atom. The standard InChI is InChI=1S/C28H36ClN11O2/c29-22-3-1-2-4-23(22)35-25(42)11-24(41)16-5-7-20(8-6-16)34-26-36-27(39-13-17(31)9-18(32)14-39)38-28(37-26)40-15-19(33)10-21(40)12-30/h1-8,17-19,21H,9-15,30-33H2,(H,35,42)(H,34,36,37,38)/t17-,18+,19-,21-/m0/s1. The average Bonchev–Trinajstić information content (AvgIpc) is 3.34. The summed E-state index contributed by atoms with van der Waals surface area (Å²) in [4.78, 5) is 43.2. The molecule has 0 saturated carbocycles. The van der Waals surface area contributed by atoms with Gasteiger partial charge in [0.1, 0.15) is 0 Å². The van der Waals surface area contributed by atoms with E-state index in [0.29, 0.717) is 66.0 Å². The quantitative estimate of drug-likeness (QED) is 0.153. The van der Waals surface area contributed by atoms with Gasteiger partial charge in [-0.3, -0.25) is 9.59 Å². The lowest BCUT2D eigenvalue weighted by atomic mass is 10.0. The van der Waals surface area contributed by atoms with Crippen LogP contribution in [0, 0.1) is 0 Å². The Morgan fingerprint density at radius 1 is 0.881 bits per heavy atom. The van der Waals surface area contributed by atoms with Crippen molar-refractivity contribution in [1.82, 2.24) is 15.0 Å². The van der Waals surface area contributed by atoms with Gasteiger partial charge < -0.3 is 43.4 Å². The number of benzene rings is 2. The summed E-state index contributed by atoms with van der Waals surface area (Å²) >= 11 is 6.09. The number of rotatable bonds is 9. The zero-order valence-electron chi connectivity index (χ0n) is 23.1. The van der Waals surface area contributed by atoms with E-state index in [1.807, 2.05) is 9.80 Å². The van der Waals surface area contributed by atoms with Gasteiger partial charge in [0.05, 0.1) is 17.1 Å². The molecule has 0 aliphatic carbocycles. The number of hydrogen-bond acceptors (Lipinski definition) is 12. The van der Waals surface area contributed by atoms with Gasteiger partial charge in [0, 0.05) is 61.6 Å². The monoisotopic (exact) mass is 593 g/mol. The van der Waals surface area contributed by atoms with Gasteiger partial charge >= 0.3 is 0 Å². The van der Waals surface area contributed by atoms with Gasteiger partial charge in [0.25, 0.3) is 0 Å². The van der Waals surface area contributed by atoms with Gasteiger partial charge in [-0.1, -0.05) is 23.7 Å². The summed E-state index contributed by atoms with van der Waals surface area (Å²) in [5.74, 6) is 0.467. The highest BCUT2D eigenvalue weighted by molar-refractivity contribution is 6.33. The molecule has 1 amide bonds. The van der Waals surface area contributed by atoms with Crippen molar-refractivity contribution in [3.63, 3.8) is 0 Å². The van der Waals surface area contributed by atoms with Crippen molar-refractivity contribution in [3.8, 4) is 0 Å². The summed E-state index contributed by atoms with van der Waals surface area (Å²) in [7, 11) is 0. The molecule has 2 aliphatic heterocycles. The molecule has 14 heteroatoms. The summed E-state index contributed by atoms with van der Waals surface area (Å²) in [5, 5.41) is 6.28. The molecule has 0 radical (unpaired) electrons. The molecule has 0 spiro atoms. The van der Waals surface area contributed by atoms with Gasteiger partial charge in [0.15, 0.2) is 5.78 Å². The van der Waals surface area contributed by atoms with Crippen molar-refractivity contribution >= 4 is 52.5 Å². The summed E-state index contributed by atoms with van der Waals surface area (Å²) in [5.41, 5.74) is 26.2. The second kappa shape index (κ2) is 13.0. The Balaban J connectivity index is 1.32. The third-order valence-electron chi connectivity index (χ3n) is 7.32. The minimum Gasteiger partial charge on any atom is -0.338 e. The number of carbonyl (C=O) groups is 2. The zero-order chi connectivity index (χ0) is 29.8. The van der Waals surface area contributed by atoms with Gasteiger partial charge in [0.2, 0.25) is 23.8 Å². The van der Waals surface area contributed by atoms with Crippen LogP contribution in [0.5, 0.6) is 0 Å². The molecule has 2 fully saturated rings. The van der Waals surface area contributed by atoms with Crippen molar-refractivity contribution in [1.29, 1.82) is 0 Å². The minimum atomic E-state index is -0.449. The molecule has 3 heterocycles. The number of nitrogens with zero attached hydrogens (tertiary/aromatic N) is 5. The maximum Gasteiger partial charge on any atom is 0.233 e. The number of ketones is 1. The molecule has 2 aliphatic rings. The number of nitrogens with two attached hydrogens (primary N) is 4. The molecule has 2 saturated heterocycles. The van der Waals surface area contributed by atoms with Crippen LogP contribution in [-0.2, 0) is 4.79 Å². The molecule has 2 aromatic carbocycles. The van der Waals surface area contributed by atoms with Crippen LogP contribution in [0.2, 0.25) is 5.02 Å². The van der Waals surface area contributed by atoms with Crippen molar-refractivity contribution in [2.75, 3.05) is 46.6 Å². The number of anilines is 5. The third kappa shape index (κ3) is 7.12. The van der Waals surface area contributed by atoms with Crippen LogP contribution in [0.3, 0.4) is 0 Å². The fraction of sp³-hybridized carbons (Fsp3) is 0.393. The largest absolute Gasteiger partial charge is 0.338 e. The minimum absolute atomic E-state index is 0.00869. The molecule has 42 heavy (non-hydrogen) atoms. The number of aromatic nitrogens is 3. The third-order valence-corrected chi connectivity index (χ3v) is 7.65. The molecule has 0 unspecified atom stereocenters. The van der Waals surface area contributed by atoms with Gasteiger partial charge in [-0.25, -0.2) is 0 Å². The average molecular weight is 594 g/mol. The van der Waals surface area contributed by atoms with E-state index < -0.39 is 5.91 Å². The highest BCUT2D eigenvalue weighted by atomic mass is 35.5. The van der Waals surface area contributed by atoms with E-state index in [-0.39, 0.29) is 36.4 Å². The first-order chi connectivity index (χ1) is 20.2. The van der Waals surface area contributed by atoms with Crippen LogP contribution in [0.15, 0.2) is 48.5 Å². The second-order valence-electron chi connectivity index (χ2n) is 10.8. The van der Waals surface area contributed by atoms with Gasteiger partial charge in [-0.2, -0.15) is 15.0 Å². The Labute approximate surface area is 249 Å². The number of halogens is 1. The summed E-state index contributed by atoms with van der Waals surface area (Å²) < 4.78 is 0. The molecule has 1 aromatic heterocycles. The molecule has 222 valence electrons. The van der Waals surface area contributed by atoms with E-state index in [9.17, 15) is 9.59 Å². The first kappa shape index (κ1) is 29.6. The normalized spacial score (nSPS) is 22.2. The number of nitrogens with one attached hydrogen (secondary N) is 2. The van der Waals surface area contributed by atoms with Crippen molar-refractivity contribution in [2.45, 2.75) is 43.4 Å². The van der Waals surface area contributed by atoms with Crippen LogP contribution in [0.4, 0.5) is 29.2 Å². The van der Waals surface area contributed by atoms with Gasteiger partial charge in [-0.15, -0.1) is 0 Å². The SMILES string of the molecule is NC[C@@H]1C[C@H](N)CN1c1nc(Nc2ccc(C(=O)CC(=O)Nc3ccccc3Cl)cc2)nc(N2C[C@H](N)C[C@H](N)C2)n1. The predicted octanol–water partition coefficient (Wildman–Crippen LogP) is 1.21. The van der Waals surface area contributed by atoms with E-state index in [1.165, 1.54) is 0 Å². The fourth-order valence-corrected chi connectivity index (χ4v) is 5.50. The van der Waals surface area contributed by atoms with Crippen LogP contribution in [0.1, 0.15) is 29.6 Å². The summed E-state index contributed by atoms with van der Waals surface area (Å²) in [6.45, 7) is 2.13. The number of Topliss-reactive ketones (excluding diaryl/α,β-unsaturated/α-hetero) is 1. The molecule has 3 aromatic rings. The number of para-hydroxylation sites is 1. The van der Waals surface area contributed by atoms with Crippen molar-refractivity contribution < 1.29 is 9.59 Å². The van der Waals surface area contributed by atoms with E-state index in [4.69, 9.17) is 39.5 Å². The van der Waals surface area contributed by atoms with Gasteiger partial charge in [-0.05, 0) is 49.2 Å². The predicted molar refractivity (Wildman–Crippen MR) is 164 cm³/mol. The molecule has 10 N–H and O–H groups in total. The second-order valence-corrected chi connectivity index (χ2v) is 11.2. The number of piperidine rings is 1. The van der Waals surface area contributed by atoms with E-state index >= 15 is 0 Å². The Morgan fingerprint density at radius 2 is 1.55 bits per heavy atom. The summed E-state index contributed by atoms with van der Waals surface area (Å²) in [6.07, 6.45) is 1.15. The molecule has 5 rings (SSSR count). The maximum atomic E-state index is 12.8. The van der Waals surface area contributed by atoms with Crippen LogP contribution in [-0.4, -0.2) is 77.0 Å². The zero-order valence-corrected chi connectivity index (χ0v) is 23.9. The summed E-state index contributed by atoms with van der Waals surface area (Å²) in [6, 6.07) is 13.4. The number of carbonyl (C=O) groups excluding carboxylic acids is 2. The molecule has 13 nitrogen and oxygen atoms in total. The Bertz CT molecular complexity index is 1410. The first-order valence-corrected chi connectivity index (χ1v) is 14.3. The van der Waals surface area contributed by atoms with Crippen LogP contribution in [0.25, 0.3) is 0 Å². The lowest BCUT2D eigenvalue weighted by molar-refractivity contribution is -0.115. The number of amides is 1. The van der Waals surface area contributed by atoms with Crippen LogP contribution >= 0.6 is 11.6 Å². The van der Waals surface area contributed by atoms with Crippen molar-refractivity contribution in [2.24, 2.45) is 22.9 Å². The van der Waals surface area contributed by atoms with E-state index in [2.05, 4.69) is 20.6 Å². The lowest BCUT2D eigenvalue weighted by Gasteiger charge is -2.35. The van der Waals surface area contributed by atoms with Crippen LogP contribution < -0.4 is 43.4 Å². The molecule has 4 atom stereocenters. The first-order valence-electron chi connectivity index (χ1n) is 13.9. The molecular formula is C28H36ClN11O2. The highest BCUT2D eigenvalue weighted by Crippen LogP contribution is 2.27. The number of hydrogen-bond donors (Lipinski definition) is 6. The Hall–Kier alpha value is -3.88. The smallest absolute Gasteiger partial charge is 0.233 e. The molecular weight excluding hydrogens is 558 g/mol. The molecule has 0 bridgehead atoms.